The number of hydrogen-bond donors (Lipinski definition) is 1. The third kappa shape index (κ3) is 4.27. The summed E-state index contributed by atoms with van der Waals surface area (Å²) < 4.78 is 0.833. The molecule has 0 aliphatic carbocycles. The van der Waals surface area contributed by atoms with Gasteiger partial charge in [-0.3, -0.25) is 9.97 Å². The summed E-state index contributed by atoms with van der Waals surface area (Å²) in [5.74, 6) is 0. The van der Waals surface area contributed by atoms with Crippen molar-refractivity contribution >= 4 is 22.9 Å². The van der Waals surface area contributed by atoms with Gasteiger partial charge in [0.15, 0.2) is 0 Å². The Morgan fingerprint density at radius 1 is 1.32 bits per heavy atom. The van der Waals surface area contributed by atoms with Crippen molar-refractivity contribution in [3.63, 3.8) is 0 Å². The summed E-state index contributed by atoms with van der Waals surface area (Å²) in [6.45, 7) is 5.08. The Balaban J connectivity index is 2.13. The zero-order valence-corrected chi connectivity index (χ0v) is 12.8. The molecule has 0 spiro atoms. The molecule has 2 heterocycles. The average molecular weight is 296 g/mol. The van der Waals surface area contributed by atoms with Crippen molar-refractivity contribution in [2.24, 2.45) is 0 Å². The fourth-order valence-electron chi connectivity index (χ4n) is 1.85. The molecule has 2 aromatic heterocycles. The van der Waals surface area contributed by atoms with Gasteiger partial charge in [0.1, 0.15) is 0 Å². The van der Waals surface area contributed by atoms with Crippen LogP contribution in [0.4, 0.5) is 0 Å². The summed E-state index contributed by atoms with van der Waals surface area (Å²) in [5, 5.41) is 3.52. The van der Waals surface area contributed by atoms with E-state index in [4.69, 9.17) is 11.6 Å². The lowest BCUT2D eigenvalue weighted by molar-refractivity contribution is 0.518. The van der Waals surface area contributed by atoms with E-state index in [2.05, 4.69) is 28.3 Å². The van der Waals surface area contributed by atoms with Gasteiger partial charge >= 0.3 is 0 Å². The molecular weight excluding hydrogens is 278 g/mol. The SMILES string of the molecule is CCCNC(Cc1ccc(Cl)s1)c1cnc(C)cn1. The number of hydrogen-bond acceptors (Lipinski definition) is 4. The molecule has 0 aliphatic heterocycles. The van der Waals surface area contributed by atoms with E-state index in [1.165, 1.54) is 4.88 Å². The van der Waals surface area contributed by atoms with Gasteiger partial charge in [0, 0.05) is 17.5 Å². The molecule has 2 rings (SSSR count). The summed E-state index contributed by atoms with van der Waals surface area (Å²) in [6, 6.07) is 4.22. The first-order valence-electron chi connectivity index (χ1n) is 6.45. The van der Waals surface area contributed by atoms with Gasteiger partial charge in [-0.2, -0.15) is 0 Å². The predicted molar refractivity (Wildman–Crippen MR) is 80.8 cm³/mol. The number of thiophene rings is 1. The minimum atomic E-state index is 0.197. The van der Waals surface area contributed by atoms with E-state index in [9.17, 15) is 0 Å². The number of halogens is 1. The van der Waals surface area contributed by atoms with Crippen molar-refractivity contribution in [1.82, 2.24) is 15.3 Å². The first kappa shape index (κ1) is 14.4. The van der Waals surface area contributed by atoms with Crippen molar-refractivity contribution in [3.05, 3.63) is 45.1 Å². The van der Waals surface area contributed by atoms with E-state index in [0.29, 0.717) is 0 Å². The van der Waals surface area contributed by atoms with Crippen LogP contribution in [0.3, 0.4) is 0 Å². The molecule has 0 aliphatic rings. The topological polar surface area (TPSA) is 37.8 Å². The highest BCUT2D eigenvalue weighted by Gasteiger charge is 2.14. The molecule has 0 fully saturated rings. The van der Waals surface area contributed by atoms with Gasteiger partial charge < -0.3 is 5.32 Å². The maximum atomic E-state index is 5.99. The van der Waals surface area contributed by atoms with Gasteiger partial charge in [-0.15, -0.1) is 11.3 Å². The van der Waals surface area contributed by atoms with Crippen molar-refractivity contribution in [3.8, 4) is 0 Å². The lowest BCUT2D eigenvalue weighted by atomic mass is 10.1. The second kappa shape index (κ2) is 6.98. The van der Waals surface area contributed by atoms with Crippen molar-refractivity contribution in [1.29, 1.82) is 0 Å². The lowest BCUT2D eigenvalue weighted by Gasteiger charge is -2.17. The average Bonchev–Trinajstić information content (AvgIpc) is 2.81. The third-order valence-electron chi connectivity index (χ3n) is 2.83. The first-order valence-corrected chi connectivity index (χ1v) is 7.64. The second-order valence-corrected chi connectivity index (χ2v) is 6.30. The number of aromatic nitrogens is 2. The molecular formula is C14H18ClN3S. The van der Waals surface area contributed by atoms with E-state index in [-0.39, 0.29) is 6.04 Å². The molecule has 5 heteroatoms. The molecule has 102 valence electrons. The van der Waals surface area contributed by atoms with Crippen LogP contribution < -0.4 is 5.32 Å². The summed E-state index contributed by atoms with van der Waals surface area (Å²) in [5.41, 5.74) is 1.93. The van der Waals surface area contributed by atoms with Crippen LogP contribution in [0.15, 0.2) is 24.5 Å². The third-order valence-corrected chi connectivity index (χ3v) is 4.09. The number of aryl methyl sites for hydroxylation is 1. The maximum absolute atomic E-state index is 5.99. The highest BCUT2D eigenvalue weighted by Crippen LogP contribution is 2.25. The Kier molecular flexibility index (Phi) is 5.31. The smallest absolute Gasteiger partial charge is 0.0931 e. The van der Waals surface area contributed by atoms with E-state index in [1.54, 1.807) is 11.3 Å². The van der Waals surface area contributed by atoms with Crippen LogP contribution in [0, 0.1) is 6.92 Å². The Morgan fingerprint density at radius 3 is 2.74 bits per heavy atom. The number of nitrogens with zero attached hydrogens (tertiary/aromatic N) is 2. The van der Waals surface area contributed by atoms with Crippen LogP contribution in [0.25, 0.3) is 0 Å². The van der Waals surface area contributed by atoms with Gasteiger partial charge in [-0.25, -0.2) is 0 Å². The molecule has 0 radical (unpaired) electrons. The Bertz CT molecular complexity index is 510. The normalized spacial score (nSPS) is 12.6. The molecule has 0 saturated heterocycles. The predicted octanol–water partition coefficient (Wildman–Crippen LogP) is 3.78. The first-order chi connectivity index (χ1) is 9.19. The minimum absolute atomic E-state index is 0.197. The standard InChI is InChI=1S/C14H18ClN3S/c1-3-6-16-12(7-11-4-5-14(15)19-11)13-9-17-10(2)8-18-13/h4-5,8-9,12,16H,3,6-7H2,1-2H3. The summed E-state index contributed by atoms with van der Waals surface area (Å²) in [6.07, 6.45) is 5.67. The number of nitrogens with one attached hydrogen (secondary N) is 1. The van der Waals surface area contributed by atoms with Crippen LogP contribution in [0.5, 0.6) is 0 Å². The lowest BCUT2D eigenvalue weighted by Crippen LogP contribution is -2.24. The maximum Gasteiger partial charge on any atom is 0.0931 e. The summed E-state index contributed by atoms with van der Waals surface area (Å²) in [4.78, 5) is 10.1. The Hall–Kier alpha value is -0.970. The number of rotatable bonds is 6. The van der Waals surface area contributed by atoms with Crippen LogP contribution in [-0.2, 0) is 6.42 Å². The van der Waals surface area contributed by atoms with Gasteiger partial charge in [0.05, 0.1) is 28.0 Å². The fourth-order valence-corrected chi connectivity index (χ4v) is 2.98. The Morgan fingerprint density at radius 2 is 2.16 bits per heavy atom. The van der Waals surface area contributed by atoms with Gasteiger partial charge in [-0.05, 0) is 32.0 Å². The van der Waals surface area contributed by atoms with Crippen LogP contribution in [0.2, 0.25) is 4.34 Å². The van der Waals surface area contributed by atoms with Crippen molar-refractivity contribution < 1.29 is 0 Å². The van der Waals surface area contributed by atoms with Crippen LogP contribution in [-0.4, -0.2) is 16.5 Å². The van der Waals surface area contributed by atoms with E-state index in [0.717, 1.165) is 35.1 Å². The van der Waals surface area contributed by atoms with E-state index in [1.807, 2.05) is 25.4 Å². The minimum Gasteiger partial charge on any atom is -0.308 e. The molecule has 19 heavy (non-hydrogen) atoms. The highest BCUT2D eigenvalue weighted by molar-refractivity contribution is 7.16. The summed E-state index contributed by atoms with van der Waals surface area (Å²) >= 11 is 7.61. The highest BCUT2D eigenvalue weighted by atomic mass is 35.5. The quantitative estimate of drug-likeness (QED) is 0.881. The van der Waals surface area contributed by atoms with Crippen LogP contribution in [0.1, 0.15) is 35.7 Å². The zero-order chi connectivity index (χ0) is 13.7. The molecule has 1 unspecified atom stereocenters. The molecule has 3 nitrogen and oxygen atoms in total. The van der Waals surface area contributed by atoms with Crippen LogP contribution >= 0.6 is 22.9 Å². The molecule has 1 atom stereocenters. The zero-order valence-electron chi connectivity index (χ0n) is 11.2. The van der Waals surface area contributed by atoms with Gasteiger partial charge in [-0.1, -0.05) is 18.5 Å². The fraction of sp³-hybridized carbons (Fsp3) is 0.429. The molecule has 0 aromatic carbocycles. The molecule has 0 amide bonds. The molecule has 0 saturated carbocycles. The molecule has 2 aromatic rings. The van der Waals surface area contributed by atoms with E-state index < -0.39 is 0 Å². The molecule has 1 N–H and O–H groups in total. The Labute approximate surface area is 123 Å². The second-order valence-electron chi connectivity index (χ2n) is 4.50. The van der Waals surface area contributed by atoms with Crippen molar-refractivity contribution in [2.45, 2.75) is 32.7 Å². The molecule has 0 bridgehead atoms. The van der Waals surface area contributed by atoms with E-state index >= 15 is 0 Å². The largest absolute Gasteiger partial charge is 0.308 e. The van der Waals surface area contributed by atoms with Gasteiger partial charge in [0.25, 0.3) is 0 Å². The monoisotopic (exact) mass is 295 g/mol. The van der Waals surface area contributed by atoms with Gasteiger partial charge in [0.2, 0.25) is 0 Å². The van der Waals surface area contributed by atoms with Crippen molar-refractivity contribution in [2.75, 3.05) is 6.54 Å². The summed E-state index contributed by atoms with van der Waals surface area (Å²) in [7, 11) is 0.